The quantitative estimate of drug-likeness (QED) is 0.411. The first kappa shape index (κ1) is 22.0. The molecule has 0 fully saturated rings. The predicted octanol–water partition coefficient (Wildman–Crippen LogP) is 5.35. The van der Waals surface area contributed by atoms with Gasteiger partial charge in [-0.15, -0.1) is 5.10 Å². The second kappa shape index (κ2) is 8.73. The van der Waals surface area contributed by atoms with Crippen LogP contribution in [0, 0.1) is 5.82 Å². The Morgan fingerprint density at radius 2 is 1.64 bits per heavy atom. The van der Waals surface area contributed by atoms with Crippen LogP contribution in [0.4, 0.5) is 23.2 Å². The maximum atomic E-state index is 13.8. The smallest absolute Gasteiger partial charge is 0.416 e. The Balaban J connectivity index is 1.61. The molecule has 0 spiro atoms. The summed E-state index contributed by atoms with van der Waals surface area (Å²) in [5, 5.41) is 6.83. The third-order valence-corrected chi connectivity index (χ3v) is 4.73. The zero-order valence-electron chi connectivity index (χ0n) is 17.1. The zero-order chi connectivity index (χ0) is 23.6. The molecule has 0 radical (unpaired) electrons. The van der Waals surface area contributed by atoms with E-state index in [4.69, 9.17) is 4.74 Å². The molecule has 0 atom stereocenters. The van der Waals surface area contributed by atoms with E-state index in [9.17, 15) is 22.4 Å². The number of alkyl halides is 3. The summed E-state index contributed by atoms with van der Waals surface area (Å²) in [6.45, 7) is 0. The van der Waals surface area contributed by atoms with Crippen molar-refractivity contribution in [1.82, 2.24) is 14.8 Å². The number of benzene rings is 3. The highest BCUT2D eigenvalue weighted by Gasteiger charge is 2.30. The number of rotatable bonds is 5. The van der Waals surface area contributed by atoms with Gasteiger partial charge in [-0.1, -0.05) is 24.3 Å². The SMILES string of the molecule is COc1nc(-c2ccc(C(F)(F)F)cc2)n(-c2ccc(NC(=O)c3ccccc3F)cc2)n1. The number of amides is 1. The number of ether oxygens (including phenoxy) is 1. The summed E-state index contributed by atoms with van der Waals surface area (Å²) in [6.07, 6.45) is -4.45. The van der Waals surface area contributed by atoms with Gasteiger partial charge in [-0.3, -0.25) is 4.79 Å². The summed E-state index contributed by atoms with van der Waals surface area (Å²) < 4.78 is 58.9. The van der Waals surface area contributed by atoms with Crippen LogP contribution >= 0.6 is 0 Å². The molecule has 0 saturated carbocycles. The van der Waals surface area contributed by atoms with E-state index < -0.39 is 23.5 Å². The molecule has 0 aliphatic rings. The molecule has 10 heteroatoms. The maximum Gasteiger partial charge on any atom is 0.416 e. The molecule has 4 aromatic rings. The minimum atomic E-state index is -4.45. The highest BCUT2D eigenvalue weighted by Crippen LogP contribution is 2.31. The highest BCUT2D eigenvalue weighted by molar-refractivity contribution is 6.04. The van der Waals surface area contributed by atoms with E-state index in [-0.39, 0.29) is 17.4 Å². The summed E-state index contributed by atoms with van der Waals surface area (Å²) in [5.41, 5.74) is 0.460. The Labute approximate surface area is 185 Å². The molecule has 0 bridgehead atoms. The van der Waals surface area contributed by atoms with E-state index in [1.807, 2.05) is 0 Å². The molecule has 0 aliphatic heterocycles. The Hall–Kier alpha value is -4.21. The number of hydrogen-bond donors (Lipinski definition) is 1. The molecule has 1 N–H and O–H groups in total. The van der Waals surface area contributed by atoms with Crippen LogP contribution in [0.1, 0.15) is 15.9 Å². The molecule has 4 rings (SSSR count). The number of carbonyl (C=O) groups is 1. The Kier molecular flexibility index (Phi) is 5.82. The second-order valence-electron chi connectivity index (χ2n) is 6.89. The normalized spacial score (nSPS) is 11.3. The molecular weight excluding hydrogens is 440 g/mol. The van der Waals surface area contributed by atoms with Gasteiger partial charge in [0, 0.05) is 11.3 Å². The maximum absolute atomic E-state index is 13.8. The lowest BCUT2D eigenvalue weighted by atomic mass is 10.1. The van der Waals surface area contributed by atoms with E-state index in [2.05, 4.69) is 15.4 Å². The molecule has 6 nitrogen and oxygen atoms in total. The van der Waals surface area contributed by atoms with Crippen LogP contribution in [0.15, 0.2) is 72.8 Å². The lowest BCUT2D eigenvalue weighted by Gasteiger charge is -2.10. The van der Waals surface area contributed by atoms with Crippen molar-refractivity contribution in [3.05, 3.63) is 89.7 Å². The van der Waals surface area contributed by atoms with Gasteiger partial charge in [0.2, 0.25) is 0 Å². The summed E-state index contributed by atoms with van der Waals surface area (Å²) >= 11 is 0. The minimum Gasteiger partial charge on any atom is -0.466 e. The largest absolute Gasteiger partial charge is 0.466 e. The van der Waals surface area contributed by atoms with Gasteiger partial charge in [0.05, 0.1) is 23.9 Å². The highest BCUT2D eigenvalue weighted by atomic mass is 19.4. The first-order valence-electron chi connectivity index (χ1n) is 9.61. The summed E-state index contributed by atoms with van der Waals surface area (Å²) in [7, 11) is 1.37. The lowest BCUT2D eigenvalue weighted by Crippen LogP contribution is -2.13. The molecular formula is C23H16F4N4O2. The number of carbonyl (C=O) groups excluding carboxylic acids is 1. The van der Waals surface area contributed by atoms with Gasteiger partial charge in [-0.25, -0.2) is 9.07 Å². The van der Waals surface area contributed by atoms with Gasteiger partial charge in [-0.2, -0.15) is 18.2 Å². The Bertz CT molecular complexity index is 1280. The molecule has 1 aromatic heterocycles. The van der Waals surface area contributed by atoms with E-state index in [1.54, 1.807) is 30.3 Å². The topological polar surface area (TPSA) is 69.0 Å². The second-order valence-corrected chi connectivity index (χ2v) is 6.89. The molecule has 1 heterocycles. The van der Waals surface area contributed by atoms with Crippen molar-refractivity contribution in [1.29, 1.82) is 0 Å². The van der Waals surface area contributed by atoms with Crippen LogP contribution in [-0.2, 0) is 6.18 Å². The summed E-state index contributed by atoms with van der Waals surface area (Å²) in [6, 6.07) is 16.6. The number of halogens is 4. The number of methoxy groups -OCH3 is 1. The predicted molar refractivity (Wildman–Crippen MR) is 113 cm³/mol. The van der Waals surface area contributed by atoms with E-state index in [0.29, 0.717) is 16.9 Å². The van der Waals surface area contributed by atoms with Gasteiger partial charge in [0.15, 0.2) is 5.82 Å². The molecule has 168 valence electrons. The van der Waals surface area contributed by atoms with Crippen LogP contribution in [0.3, 0.4) is 0 Å². The summed E-state index contributed by atoms with van der Waals surface area (Å²) in [4.78, 5) is 16.5. The number of anilines is 1. The van der Waals surface area contributed by atoms with Crippen molar-refractivity contribution in [3.8, 4) is 23.1 Å². The van der Waals surface area contributed by atoms with Crippen LogP contribution in [0.2, 0.25) is 0 Å². The van der Waals surface area contributed by atoms with Crippen LogP contribution < -0.4 is 10.1 Å². The Morgan fingerprint density at radius 3 is 2.24 bits per heavy atom. The fourth-order valence-corrected chi connectivity index (χ4v) is 3.08. The molecule has 0 aliphatic carbocycles. The van der Waals surface area contributed by atoms with Crippen molar-refractivity contribution in [3.63, 3.8) is 0 Å². The minimum absolute atomic E-state index is 0.0295. The standard InChI is InChI=1S/C23H16F4N4O2/c1-33-22-29-20(14-6-8-15(9-7-14)23(25,26)27)31(30-22)17-12-10-16(11-13-17)28-21(32)18-4-2-3-5-19(18)24/h2-13H,1H3,(H,28,32). The molecule has 0 unspecified atom stereocenters. The van der Waals surface area contributed by atoms with Gasteiger partial charge in [0.1, 0.15) is 5.82 Å². The van der Waals surface area contributed by atoms with Gasteiger partial charge >= 0.3 is 12.2 Å². The number of nitrogens with one attached hydrogen (secondary N) is 1. The number of hydrogen-bond acceptors (Lipinski definition) is 4. The first-order valence-corrected chi connectivity index (χ1v) is 9.61. The average molecular weight is 456 g/mol. The van der Waals surface area contributed by atoms with Crippen LogP contribution in [0.25, 0.3) is 17.1 Å². The van der Waals surface area contributed by atoms with Crippen molar-refractivity contribution < 1.29 is 27.1 Å². The third-order valence-electron chi connectivity index (χ3n) is 4.73. The molecule has 3 aromatic carbocycles. The fraction of sp³-hybridized carbons (Fsp3) is 0.0870. The molecule has 1 amide bonds. The molecule has 0 saturated heterocycles. The van der Waals surface area contributed by atoms with Gasteiger partial charge < -0.3 is 10.1 Å². The van der Waals surface area contributed by atoms with E-state index in [1.165, 1.54) is 42.1 Å². The van der Waals surface area contributed by atoms with Crippen molar-refractivity contribution in [2.45, 2.75) is 6.18 Å². The summed E-state index contributed by atoms with van der Waals surface area (Å²) in [5.74, 6) is -0.972. The third kappa shape index (κ3) is 4.69. The lowest BCUT2D eigenvalue weighted by molar-refractivity contribution is -0.137. The van der Waals surface area contributed by atoms with Crippen LogP contribution in [0.5, 0.6) is 6.01 Å². The van der Waals surface area contributed by atoms with Crippen molar-refractivity contribution in [2.75, 3.05) is 12.4 Å². The molecule has 33 heavy (non-hydrogen) atoms. The van der Waals surface area contributed by atoms with Crippen molar-refractivity contribution in [2.24, 2.45) is 0 Å². The number of aromatic nitrogens is 3. The van der Waals surface area contributed by atoms with Gasteiger partial charge in [0.25, 0.3) is 5.91 Å². The fourth-order valence-electron chi connectivity index (χ4n) is 3.08. The van der Waals surface area contributed by atoms with E-state index in [0.717, 1.165) is 12.1 Å². The average Bonchev–Trinajstić information content (AvgIpc) is 3.24. The zero-order valence-corrected chi connectivity index (χ0v) is 17.1. The Morgan fingerprint density at radius 1 is 0.970 bits per heavy atom. The van der Waals surface area contributed by atoms with Crippen molar-refractivity contribution >= 4 is 11.6 Å². The van der Waals surface area contributed by atoms with Gasteiger partial charge in [-0.05, 0) is 48.5 Å². The number of nitrogens with zero attached hydrogens (tertiary/aromatic N) is 3. The first-order chi connectivity index (χ1) is 15.8. The van der Waals surface area contributed by atoms with E-state index >= 15 is 0 Å². The monoisotopic (exact) mass is 456 g/mol. The van der Waals surface area contributed by atoms with Crippen LogP contribution in [-0.4, -0.2) is 27.8 Å².